The van der Waals surface area contributed by atoms with Crippen molar-refractivity contribution in [2.45, 2.75) is 37.2 Å². The van der Waals surface area contributed by atoms with Gasteiger partial charge in [0.2, 0.25) is 31.9 Å². The molecule has 0 aliphatic rings. The Morgan fingerprint density at radius 3 is 1.16 bits per heavy atom. The van der Waals surface area contributed by atoms with Gasteiger partial charge in [-0.15, -0.1) is 20.4 Å². The molecular formula is C42H46F2N16O8S2. The number of nitrogens with one attached hydrogen (secondary N) is 2. The molecular weight excluding hydrogens is 959 g/mol. The third-order valence-electron chi connectivity index (χ3n) is 10.3. The molecule has 0 saturated heterocycles. The van der Waals surface area contributed by atoms with Crippen LogP contribution >= 0.6 is 0 Å². The highest BCUT2D eigenvalue weighted by atomic mass is 32.2. The van der Waals surface area contributed by atoms with Crippen molar-refractivity contribution in [1.29, 1.82) is 0 Å². The van der Waals surface area contributed by atoms with Crippen LogP contribution in [0.3, 0.4) is 0 Å². The number of sulfonamides is 2. The smallest absolute Gasteiger partial charge is 0.243 e. The monoisotopic (exact) mass is 1000 g/mol. The summed E-state index contributed by atoms with van der Waals surface area (Å²) in [4.78, 5) is 15.4. The average molecular weight is 1010 g/mol. The van der Waals surface area contributed by atoms with Crippen LogP contribution in [0.25, 0.3) is 34.2 Å². The molecule has 6 aromatic heterocycles. The van der Waals surface area contributed by atoms with Crippen LogP contribution in [0.4, 0.5) is 20.7 Å². The Morgan fingerprint density at radius 1 is 0.543 bits per heavy atom. The molecule has 8 aromatic rings. The summed E-state index contributed by atoms with van der Waals surface area (Å²) in [5.74, 6) is 1.24. The molecule has 24 nitrogen and oxygen atoms in total. The molecule has 8 rings (SSSR count). The molecule has 28 heteroatoms. The van der Waals surface area contributed by atoms with Crippen LogP contribution in [0.2, 0.25) is 0 Å². The van der Waals surface area contributed by atoms with Gasteiger partial charge in [-0.2, -0.15) is 10.2 Å². The highest BCUT2D eigenvalue weighted by molar-refractivity contribution is 7.93. The molecule has 0 aliphatic carbocycles. The minimum atomic E-state index is -4.00. The van der Waals surface area contributed by atoms with E-state index in [1.165, 1.54) is 51.4 Å². The van der Waals surface area contributed by atoms with E-state index < -0.39 is 42.2 Å². The number of aryl methyl sites for hydroxylation is 2. The van der Waals surface area contributed by atoms with Gasteiger partial charge in [-0.1, -0.05) is 12.1 Å². The number of hydrogen-bond acceptors (Lipinski definition) is 18. The van der Waals surface area contributed by atoms with Crippen molar-refractivity contribution in [3.8, 4) is 57.1 Å². The number of aromatic nitrogens is 14. The van der Waals surface area contributed by atoms with Crippen molar-refractivity contribution in [3.63, 3.8) is 0 Å². The zero-order valence-corrected chi connectivity index (χ0v) is 40.4. The number of rotatable bonds is 18. The van der Waals surface area contributed by atoms with Crippen LogP contribution < -0.4 is 28.4 Å². The Hall–Kier alpha value is -8.14. The molecule has 2 N–H and O–H groups in total. The van der Waals surface area contributed by atoms with E-state index in [2.05, 4.69) is 60.0 Å². The van der Waals surface area contributed by atoms with Gasteiger partial charge < -0.3 is 18.9 Å². The van der Waals surface area contributed by atoms with Crippen LogP contribution in [0.5, 0.6) is 23.0 Å². The van der Waals surface area contributed by atoms with E-state index in [1.54, 1.807) is 84.6 Å². The van der Waals surface area contributed by atoms with Crippen LogP contribution in [-0.2, 0) is 47.0 Å². The SMILES string of the molecule is COc1cccc(OC)c1-n1c(NS(=O)(=O)[C@@H](C)Cc2ncc(F)cn2)nnc1-c1cnn(C)c1.COc1cccc(OC)c1-n1c(NS(=O)(=O)[C@H](C)Cc2ncc(F)cn2)nnc1-c1cnn(C)c1. The van der Waals surface area contributed by atoms with E-state index in [0.717, 1.165) is 24.8 Å². The molecule has 0 spiro atoms. The lowest BCUT2D eigenvalue weighted by Gasteiger charge is -2.18. The zero-order valence-electron chi connectivity index (χ0n) is 38.8. The molecule has 0 bridgehead atoms. The first-order valence-corrected chi connectivity index (χ1v) is 23.8. The lowest BCUT2D eigenvalue weighted by molar-refractivity contribution is 0.391. The van der Waals surface area contributed by atoms with E-state index in [-0.39, 0.29) is 36.4 Å². The summed E-state index contributed by atoms with van der Waals surface area (Å²) in [7, 11) is 1.43. The molecule has 2 aromatic carbocycles. The predicted octanol–water partition coefficient (Wildman–Crippen LogP) is 3.97. The maximum atomic E-state index is 13.2. The molecule has 70 heavy (non-hydrogen) atoms. The maximum absolute atomic E-state index is 13.2. The van der Waals surface area contributed by atoms with E-state index in [9.17, 15) is 25.6 Å². The Bertz CT molecular complexity index is 3050. The highest BCUT2D eigenvalue weighted by Gasteiger charge is 2.31. The zero-order chi connectivity index (χ0) is 50.3. The second-order valence-electron chi connectivity index (χ2n) is 15.2. The lowest BCUT2D eigenvalue weighted by Crippen LogP contribution is -2.29. The summed E-state index contributed by atoms with van der Waals surface area (Å²) in [6, 6.07) is 10.3. The van der Waals surface area contributed by atoms with Gasteiger partial charge in [0.15, 0.2) is 23.3 Å². The number of ether oxygens (including phenoxy) is 4. The number of halogens is 2. The van der Waals surface area contributed by atoms with Gasteiger partial charge in [0.05, 0.1) is 87.2 Å². The van der Waals surface area contributed by atoms with Crippen molar-refractivity contribution >= 4 is 31.9 Å². The number of nitrogens with zero attached hydrogens (tertiary/aromatic N) is 14. The second-order valence-corrected chi connectivity index (χ2v) is 19.3. The number of methoxy groups -OCH3 is 4. The highest BCUT2D eigenvalue weighted by Crippen LogP contribution is 2.39. The topological polar surface area (TPSA) is 278 Å². The number of hydrogen-bond donors (Lipinski definition) is 2. The fraction of sp³-hybridized carbons (Fsp3) is 0.286. The molecule has 0 saturated carbocycles. The molecule has 0 amide bonds. The quantitative estimate of drug-likeness (QED) is 0.123. The van der Waals surface area contributed by atoms with Gasteiger partial charge >= 0.3 is 0 Å². The van der Waals surface area contributed by atoms with Crippen molar-refractivity contribution < 1.29 is 44.6 Å². The minimum absolute atomic E-state index is 0.0445. The largest absolute Gasteiger partial charge is 0.494 e. The fourth-order valence-corrected chi connectivity index (χ4v) is 8.67. The van der Waals surface area contributed by atoms with Gasteiger partial charge in [0.25, 0.3) is 0 Å². The van der Waals surface area contributed by atoms with Gasteiger partial charge in [0, 0.05) is 39.3 Å². The van der Waals surface area contributed by atoms with E-state index in [1.807, 2.05) is 0 Å². The Morgan fingerprint density at radius 2 is 0.871 bits per heavy atom. The van der Waals surface area contributed by atoms with E-state index in [0.29, 0.717) is 57.1 Å². The van der Waals surface area contributed by atoms with Gasteiger partial charge in [-0.05, 0) is 38.1 Å². The Balaban J connectivity index is 0.000000206. The Kier molecular flexibility index (Phi) is 14.9. The summed E-state index contributed by atoms with van der Waals surface area (Å²) >= 11 is 0. The van der Waals surface area contributed by atoms with Crippen LogP contribution in [0.1, 0.15) is 25.5 Å². The lowest BCUT2D eigenvalue weighted by atomic mass is 10.2. The van der Waals surface area contributed by atoms with Crippen molar-refractivity contribution in [2.24, 2.45) is 14.1 Å². The number of benzene rings is 2. The Labute approximate surface area is 399 Å². The third kappa shape index (κ3) is 10.9. The first-order valence-electron chi connectivity index (χ1n) is 20.7. The predicted molar refractivity (Wildman–Crippen MR) is 249 cm³/mol. The van der Waals surface area contributed by atoms with Crippen molar-refractivity contribution in [2.75, 3.05) is 37.9 Å². The summed E-state index contributed by atoms with van der Waals surface area (Å²) in [6.45, 7) is 2.98. The summed E-state index contributed by atoms with van der Waals surface area (Å²) in [5, 5.41) is 23.1. The molecule has 6 heterocycles. The summed E-state index contributed by atoms with van der Waals surface area (Å²) in [5.41, 5.74) is 1.97. The maximum Gasteiger partial charge on any atom is 0.243 e. The molecule has 0 aliphatic heterocycles. The van der Waals surface area contributed by atoms with Gasteiger partial charge in [0.1, 0.15) is 46.0 Å². The molecule has 0 radical (unpaired) electrons. The van der Waals surface area contributed by atoms with Crippen LogP contribution in [0.15, 0.2) is 86.0 Å². The normalized spacial score (nSPS) is 12.4. The van der Waals surface area contributed by atoms with Gasteiger partial charge in [-0.25, -0.2) is 45.6 Å². The first-order chi connectivity index (χ1) is 33.5. The number of para-hydroxylation sites is 2. The second kappa shape index (κ2) is 21.0. The fourth-order valence-electron chi connectivity index (χ4n) is 6.75. The van der Waals surface area contributed by atoms with Crippen LogP contribution in [0, 0.1) is 11.6 Å². The van der Waals surface area contributed by atoms with E-state index in [4.69, 9.17) is 18.9 Å². The number of anilines is 2. The standard InChI is InChI=1S/2C21H23FN8O4S/c2*1-13(8-18-23-10-15(22)11-24-18)35(31,32)28-21-27-26-20(14-9-25-29(2)12-14)30(21)19-16(33-3)6-5-7-17(19)34-4/h2*5-7,9-13H,8H2,1-4H3,(H,27,28)/t2*13-/m10/s1. The van der Waals surface area contributed by atoms with Gasteiger partial charge in [-0.3, -0.25) is 27.9 Å². The van der Waals surface area contributed by atoms with Crippen molar-refractivity contribution in [1.82, 2.24) is 69.0 Å². The molecule has 2 atom stereocenters. The minimum Gasteiger partial charge on any atom is -0.494 e. The van der Waals surface area contributed by atoms with Crippen LogP contribution in [-0.4, -0.2) is 125 Å². The molecule has 0 unspecified atom stereocenters. The molecule has 368 valence electrons. The summed E-state index contributed by atoms with van der Waals surface area (Å²) in [6.07, 6.45) is 10.4. The van der Waals surface area contributed by atoms with Crippen molar-refractivity contribution in [3.05, 3.63) is 109 Å². The average Bonchev–Trinajstić information content (AvgIpc) is 4.17. The summed E-state index contributed by atoms with van der Waals surface area (Å²) < 4.78 is 112. The third-order valence-corrected chi connectivity index (χ3v) is 13.7. The molecule has 0 fully saturated rings. The van der Waals surface area contributed by atoms with E-state index >= 15 is 0 Å². The first kappa shape index (κ1) is 49.8.